The van der Waals surface area contributed by atoms with E-state index in [4.69, 9.17) is 5.11 Å². The van der Waals surface area contributed by atoms with E-state index in [-0.39, 0.29) is 33.8 Å². The zero-order chi connectivity index (χ0) is 21.3. The van der Waals surface area contributed by atoms with E-state index in [1.165, 1.54) is 23.1 Å². The molecule has 29 heavy (non-hydrogen) atoms. The molecular weight excluding hydrogens is 565 g/mol. The molecule has 5 nitrogen and oxygen atoms in total. The molecule has 0 radical (unpaired) electrons. The minimum absolute atomic E-state index is 0.0633. The Morgan fingerprint density at radius 1 is 1.21 bits per heavy atom. The maximum absolute atomic E-state index is 14.5. The first-order chi connectivity index (χ1) is 13.6. The van der Waals surface area contributed by atoms with Gasteiger partial charge in [-0.3, -0.25) is 0 Å². The molecule has 2 aromatic rings. The Morgan fingerprint density at radius 2 is 1.90 bits per heavy atom. The third-order valence-corrected chi connectivity index (χ3v) is 8.24. The Hall–Kier alpha value is -1.13. The van der Waals surface area contributed by atoms with Crippen LogP contribution in [-0.2, 0) is 0 Å². The second-order valence-corrected chi connectivity index (χ2v) is 10.9. The summed E-state index contributed by atoms with van der Waals surface area (Å²) in [6, 6.07) is 6.48. The van der Waals surface area contributed by atoms with Gasteiger partial charge in [-0.05, 0) is 0 Å². The Balaban J connectivity index is 1.85. The number of amides is 1. The molecule has 0 aromatic heterocycles. The first-order valence-corrected chi connectivity index (χ1v) is 11.8. The van der Waals surface area contributed by atoms with Crippen LogP contribution in [0, 0.1) is 21.0 Å². The summed E-state index contributed by atoms with van der Waals surface area (Å²) in [6.07, 6.45) is -1.23. The SMILES string of the molecule is O=C(c1ccc(F)c(F)c1[AsH]c1ccc(I)cc1F)N1CC(O)(CC(O)CO)C1. The van der Waals surface area contributed by atoms with Gasteiger partial charge in [-0.1, -0.05) is 0 Å². The second-order valence-electron chi connectivity index (χ2n) is 6.96. The third-order valence-electron chi connectivity index (χ3n) is 4.60. The van der Waals surface area contributed by atoms with Gasteiger partial charge in [0.25, 0.3) is 0 Å². The fourth-order valence-corrected chi connectivity index (χ4v) is 6.12. The molecule has 156 valence electrons. The van der Waals surface area contributed by atoms with E-state index in [0.717, 1.165) is 6.07 Å². The normalized spacial score (nSPS) is 16.9. The topological polar surface area (TPSA) is 81.0 Å². The number of likely N-dealkylation sites (tertiary alicyclic amines) is 1. The van der Waals surface area contributed by atoms with Crippen LogP contribution in [0.25, 0.3) is 0 Å². The molecule has 0 saturated carbocycles. The van der Waals surface area contributed by atoms with Crippen molar-refractivity contribution < 1.29 is 33.3 Å². The number of β-amino-alcohol motifs (C(OH)–C–C–N with tert-alkyl or cyclic N) is 1. The molecule has 0 bridgehead atoms. The number of benzene rings is 2. The number of carbonyl (C=O) groups is 1. The average molecular weight is 583 g/mol. The summed E-state index contributed by atoms with van der Waals surface area (Å²) in [6.45, 7) is -0.741. The van der Waals surface area contributed by atoms with Crippen molar-refractivity contribution in [3.8, 4) is 0 Å². The first-order valence-electron chi connectivity index (χ1n) is 8.64. The molecule has 1 aliphatic heterocycles. The van der Waals surface area contributed by atoms with Crippen molar-refractivity contribution in [2.24, 2.45) is 0 Å². The second kappa shape index (κ2) is 8.93. The van der Waals surface area contributed by atoms with E-state index in [2.05, 4.69) is 0 Å². The van der Waals surface area contributed by atoms with Crippen LogP contribution in [0.15, 0.2) is 30.3 Å². The van der Waals surface area contributed by atoms with Gasteiger partial charge < -0.3 is 0 Å². The van der Waals surface area contributed by atoms with Gasteiger partial charge in [0.1, 0.15) is 0 Å². The van der Waals surface area contributed by atoms with Crippen molar-refractivity contribution in [1.82, 2.24) is 4.90 Å². The number of aliphatic hydroxyl groups is 3. The quantitative estimate of drug-likeness (QED) is 0.332. The van der Waals surface area contributed by atoms with Crippen molar-refractivity contribution in [2.45, 2.75) is 18.1 Å². The van der Waals surface area contributed by atoms with Crippen molar-refractivity contribution in [3.05, 3.63) is 56.9 Å². The Kier molecular flexibility index (Phi) is 6.95. The molecule has 1 heterocycles. The molecule has 0 aliphatic carbocycles. The van der Waals surface area contributed by atoms with E-state index in [1.54, 1.807) is 6.07 Å². The molecule has 0 spiro atoms. The van der Waals surface area contributed by atoms with Crippen LogP contribution >= 0.6 is 22.6 Å². The predicted octanol–water partition coefficient (Wildman–Crippen LogP) is 0.0260. The molecule has 1 fully saturated rings. The summed E-state index contributed by atoms with van der Waals surface area (Å²) in [5.41, 5.74) is -1.42. The van der Waals surface area contributed by atoms with Crippen molar-refractivity contribution >= 4 is 53.0 Å². The number of aliphatic hydroxyl groups excluding tert-OH is 2. The average Bonchev–Trinajstić information content (AvgIpc) is 2.64. The predicted molar refractivity (Wildman–Crippen MR) is 110 cm³/mol. The van der Waals surface area contributed by atoms with Gasteiger partial charge in [-0.25, -0.2) is 0 Å². The molecule has 3 rings (SSSR count). The van der Waals surface area contributed by atoms with Crippen LogP contribution < -0.4 is 8.70 Å². The Labute approximate surface area is 185 Å². The van der Waals surface area contributed by atoms with Gasteiger partial charge in [0.2, 0.25) is 0 Å². The minimum atomic E-state index is -1.69. The van der Waals surface area contributed by atoms with Crippen molar-refractivity contribution in [1.29, 1.82) is 0 Å². The monoisotopic (exact) mass is 583 g/mol. The summed E-state index contributed by atoms with van der Waals surface area (Å²) in [4.78, 5) is 14.1. The molecule has 1 amide bonds. The zero-order valence-electron chi connectivity index (χ0n) is 15.0. The van der Waals surface area contributed by atoms with Crippen LogP contribution in [0.4, 0.5) is 13.2 Å². The molecule has 2 atom stereocenters. The van der Waals surface area contributed by atoms with Gasteiger partial charge in [0.05, 0.1) is 0 Å². The molecule has 10 heteroatoms. The molecule has 1 saturated heterocycles. The van der Waals surface area contributed by atoms with Crippen LogP contribution in [-0.4, -0.2) is 73.3 Å². The number of nitrogens with zero attached hydrogens (tertiary/aromatic N) is 1. The summed E-state index contributed by atoms with van der Waals surface area (Å²) in [5, 5.41) is 28.7. The van der Waals surface area contributed by atoms with Gasteiger partial charge in [0, 0.05) is 0 Å². The van der Waals surface area contributed by atoms with Crippen LogP contribution in [0.2, 0.25) is 0 Å². The van der Waals surface area contributed by atoms with E-state index in [9.17, 15) is 28.2 Å². The first kappa shape index (κ1) is 22.6. The zero-order valence-corrected chi connectivity index (χ0v) is 19.3. The maximum atomic E-state index is 14.5. The molecule has 1 aliphatic rings. The standard InChI is InChI=1S/C19H18AsF3INO4/c21-14-4-2-12(18(28)25-8-19(29,9-25)6-11(27)7-26)16(17(14)23)20-13-3-1-10(24)5-15(13)22/h1-5,11,20,26-27,29H,6-9H2. The molecule has 2 unspecified atom stereocenters. The van der Waals surface area contributed by atoms with E-state index < -0.39 is 57.4 Å². The van der Waals surface area contributed by atoms with Gasteiger partial charge in [0.15, 0.2) is 0 Å². The van der Waals surface area contributed by atoms with Gasteiger partial charge >= 0.3 is 186 Å². The Bertz CT molecular complexity index is 940. The number of halogens is 4. The molecular formula is C19H18AsF3INO4. The molecule has 2 aromatic carbocycles. The number of rotatable bonds is 6. The van der Waals surface area contributed by atoms with Crippen LogP contribution in [0.1, 0.15) is 16.8 Å². The Morgan fingerprint density at radius 3 is 2.52 bits per heavy atom. The van der Waals surface area contributed by atoms with Gasteiger partial charge in [-0.15, -0.1) is 0 Å². The third kappa shape index (κ3) is 4.96. The summed E-state index contributed by atoms with van der Waals surface area (Å²) < 4.78 is 43.4. The fourth-order valence-electron chi connectivity index (χ4n) is 3.19. The summed E-state index contributed by atoms with van der Waals surface area (Å²) >= 11 is 0.250. The van der Waals surface area contributed by atoms with Crippen molar-refractivity contribution in [2.75, 3.05) is 19.7 Å². The molecule has 3 N–H and O–H groups in total. The van der Waals surface area contributed by atoms with E-state index in [1.807, 2.05) is 22.6 Å². The van der Waals surface area contributed by atoms with E-state index >= 15 is 0 Å². The summed E-state index contributed by atoms with van der Waals surface area (Å²) in [7, 11) is 0. The number of hydrogen-bond acceptors (Lipinski definition) is 4. The number of carbonyl (C=O) groups excluding carboxylic acids is 1. The fraction of sp³-hybridized carbons (Fsp3) is 0.316. The van der Waals surface area contributed by atoms with Crippen LogP contribution in [0.3, 0.4) is 0 Å². The van der Waals surface area contributed by atoms with E-state index in [0.29, 0.717) is 3.57 Å². The number of hydrogen-bond donors (Lipinski definition) is 3. The van der Waals surface area contributed by atoms with Gasteiger partial charge in [-0.2, -0.15) is 0 Å². The van der Waals surface area contributed by atoms with Crippen LogP contribution in [0.5, 0.6) is 0 Å². The van der Waals surface area contributed by atoms with Crippen molar-refractivity contribution in [3.63, 3.8) is 0 Å². The summed E-state index contributed by atoms with van der Waals surface area (Å²) in [5.74, 6) is -3.41.